The van der Waals surface area contributed by atoms with Crippen LogP contribution in [0.25, 0.3) is 0 Å². The van der Waals surface area contributed by atoms with Gasteiger partial charge in [-0.25, -0.2) is 0 Å². The van der Waals surface area contributed by atoms with Gasteiger partial charge in [0.05, 0.1) is 4.92 Å². The van der Waals surface area contributed by atoms with Gasteiger partial charge in [-0.05, 0) is 38.4 Å². The molecule has 5 heteroatoms. The second-order valence-electron chi connectivity index (χ2n) is 5.05. The third-order valence-electron chi connectivity index (χ3n) is 3.50. The molecule has 5 nitrogen and oxygen atoms in total. The summed E-state index contributed by atoms with van der Waals surface area (Å²) in [5, 5.41) is 14.1. The number of benzene rings is 1. The van der Waals surface area contributed by atoms with Crippen LogP contribution in [-0.4, -0.2) is 36.5 Å². The van der Waals surface area contributed by atoms with Gasteiger partial charge in [0.2, 0.25) is 0 Å². The van der Waals surface area contributed by atoms with Crippen molar-refractivity contribution in [3.05, 3.63) is 33.9 Å². The monoisotopic (exact) mass is 249 g/mol. The highest BCUT2D eigenvalue weighted by molar-refractivity contribution is 5.56. The minimum atomic E-state index is -0.353. The second kappa shape index (κ2) is 5.35. The standard InChI is InChI=1S/C13H19N3O2/c1-10-3-4-12(16(17)18)7-13(10)14-8-11-5-6-15(2)9-11/h3-4,7,11,14H,5-6,8-9H2,1-2H3. The molecule has 1 aromatic carbocycles. The van der Waals surface area contributed by atoms with Gasteiger partial charge in [-0.1, -0.05) is 6.07 Å². The van der Waals surface area contributed by atoms with Gasteiger partial charge >= 0.3 is 0 Å². The van der Waals surface area contributed by atoms with Crippen LogP contribution in [0.15, 0.2) is 18.2 Å². The zero-order valence-electron chi connectivity index (χ0n) is 10.8. The first-order chi connectivity index (χ1) is 8.56. The van der Waals surface area contributed by atoms with Gasteiger partial charge in [-0.15, -0.1) is 0 Å². The number of non-ortho nitro benzene ring substituents is 1. The molecule has 98 valence electrons. The van der Waals surface area contributed by atoms with Crippen LogP contribution in [0.4, 0.5) is 11.4 Å². The normalized spacial score (nSPS) is 20.0. The Morgan fingerprint density at radius 2 is 2.33 bits per heavy atom. The number of anilines is 1. The first-order valence-electron chi connectivity index (χ1n) is 6.23. The first-order valence-corrected chi connectivity index (χ1v) is 6.23. The average Bonchev–Trinajstić information content (AvgIpc) is 2.74. The Morgan fingerprint density at radius 3 is 2.94 bits per heavy atom. The lowest BCUT2D eigenvalue weighted by molar-refractivity contribution is -0.384. The van der Waals surface area contributed by atoms with E-state index in [0.29, 0.717) is 5.92 Å². The van der Waals surface area contributed by atoms with Crippen LogP contribution in [0.1, 0.15) is 12.0 Å². The summed E-state index contributed by atoms with van der Waals surface area (Å²) in [7, 11) is 2.12. The van der Waals surface area contributed by atoms with Crippen LogP contribution in [0.5, 0.6) is 0 Å². The van der Waals surface area contributed by atoms with Crippen LogP contribution in [0.3, 0.4) is 0 Å². The number of aryl methyl sites for hydroxylation is 1. The van der Waals surface area contributed by atoms with Crippen LogP contribution in [-0.2, 0) is 0 Å². The molecule has 1 heterocycles. The van der Waals surface area contributed by atoms with E-state index in [0.717, 1.165) is 30.9 Å². The fourth-order valence-corrected chi connectivity index (χ4v) is 2.36. The Hall–Kier alpha value is -1.62. The zero-order valence-corrected chi connectivity index (χ0v) is 10.8. The average molecular weight is 249 g/mol. The molecule has 1 aliphatic rings. The van der Waals surface area contributed by atoms with E-state index in [9.17, 15) is 10.1 Å². The molecule has 1 saturated heterocycles. The van der Waals surface area contributed by atoms with Gasteiger partial charge in [0.15, 0.2) is 0 Å². The fraction of sp³-hybridized carbons (Fsp3) is 0.538. The largest absolute Gasteiger partial charge is 0.384 e. The Bertz CT molecular complexity index is 448. The van der Waals surface area contributed by atoms with Gasteiger partial charge in [0.1, 0.15) is 0 Å². The Balaban J connectivity index is 2.00. The quantitative estimate of drug-likeness (QED) is 0.657. The maximum atomic E-state index is 10.7. The third kappa shape index (κ3) is 2.98. The van der Waals surface area contributed by atoms with E-state index in [1.807, 2.05) is 6.92 Å². The predicted octanol–water partition coefficient (Wildman–Crippen LogP) is 2.27. The highest BCUT2D eigenvalue weighted by Gasteiger charge is 2.19. The van der Waals surface area contributed by atoms with Crippen LogP contribution in [0.2, 0.25) is 0 Å². The maximum absolute atomic E-state index is 10.7. The second-order valence-corrected chi connectivity index (χ2v) is 5.05. The number of likely N-dealkylation sites (tertiary alicyclic amines) is 1. The third-order valence-corrected chi connectivity index (χ3v) is 3.50. The van der Waals surface area contributed by atoms with Crippen molar-refractivity contribution in [1.29, 1.82) is 0 Å². The summed E-state index contributed by atoms with van der Waals surface area (Å²) in [6, 6.07) is 4.96. The molecular weight excluding hydrogens is 230 g/mol. The van der Waals surface area contributed by atoms with Gasteiger partial charge < -0.3 is 10.2 Å². The van der Waals surface area contributed by atoms with Crippen molar-refractivity contribution < 1.29 is 4.92 Å². The number of hydrogen-bond donors (Lipinski definition) is 1. The number of nitro benzene ring substituents is 1. The SMILES string of the molecule is Cc1ccc([N+](=O)[O-])cc1NCC1CCN(C)C1. The molecule has 0 spiro atoms. The van der Waals surface area contributed by atoms with Gasteiger partial charge in [-0.2, -0.15) is 0 Å². The van der Waals surface area contributed by atoms with Gasteiger partial charge in [0, 0.05) is 30.9 Å². The van der Waals surface area contributed by atoms with E-state index in [1.54, 1.807) is 18.2 Å². The van der Waals surface area contributed by atoms with Gasteiger partial charge in [-0.3, -0.25) is 10.1 Å². The molecule has 18 heavy (non-hydrogen) atoms. The van der Waals surface area contributed by atoms with Crippen molar-refractivity contribution in [1.82, 2.24) is 4.90 Å². The highest BCUT2D eigenvalue weighted by atomic mass is 16.6. The molecule has 1 N–H and O–H groups in total. The molecule has 1 fully saturated rings. The van der Waals surface area contributed by atoms with Crippen LogP contribution < -0.4 is 5.32 Å². The number of nitrogens with one attached hydrogen (secondary N) is 1. The zero-order chi connectivity index (χ0) is 13.1. The maximum Gasteiger partial charge on any atom is 0.271 e. The lowest BCUT2D eigenvalue weighted by Gasteiger charge is -2.14. The minimum absolute atomic E-state index is 0.145. The lowest BCUT2D eigenvalue weighted by Crippen LogP contribution is -2.19. The van der Waals surface area contributed by atoms with Crippen molar-refractivity contribution in [3.63, 3.8) is 0 Å². The minimum Gasteiger partial charge on any atom is -0.384 e. The Kier molecular flexibility index (Phi) is 3.81. The van der Waals surface area contributed by atoms with E-state index in [1.165, 1.54) is 6.42 Å². The molecule has 1 aromatic rings. The molecule has 1 aliphatic heterocycles. The molecule has 1 unspecified atom stereocenters. The van der Waals surface area contributed by atoms with E-state index in [-0.39, 0.29) is 10.6 Å². The van der Waals surface area contributed by atoms with Crippen LogP contribution in [0, 0.1) is 23.0 Å². The summed E-state index contributed by atoms with van der Waals surface area (Å²) in [4.78, 5) is 12.7. The Morgan fingerprint density at radius 1 is 1.56 bits per heavy atom. The van der Waals surface area contributed by atoms with E-state index < -0.39 is 0 Å². The number of hydrogen-bond acceptors (Lipinski definition) is 4. The van der Waals surface area contributed by atoms with E-state index in [2.05, 4.69) is 17.3 Å². The molecule has 1 atom stereocenters. The molecule has 0 amide bonds. The number of nitro groups is 1. The van der Waals surface area contributed by atoms with Crippen LogP contribution >= 0.6 is 0 Å². The number of rotatable bonds is 4. The summed E-state index contributed by atoms with van der Waals surface area (Å²) < 4.78 is 0. The summed E-state index contributed by atoms with van der Waals surface area (Å²) in [5.41, 5.74) is 2.07. The Labute approximate surface area is 107 Å². The smallest absolute Gasteiger partial charge is 0.271 e. The molecule has 0 aromatic heterocycles. The first kappa shape index (κ1) is 12.8. The predicted molar refractivity (Wildman–Crippen MR) is 71.9 cm³/mol. The molecule has 0 saturated carbocycles. The topological polar surface area (TPSA) is 58.4 Å². The summed E-state index contributed by atoms with van der Waals surface area (Å²) in [6.45, 7) is 5.08. The van der Waals surface area contributed by atoms with Crippen molar-refractivity contribution in [2.24, 2.45) is 5.92 Å². The van der Waals surface area contributed by atoms with Crippen molar-refractivity contribution in [2.45, 2.75) is 13.3 Å². The van der Waals surface area contributed by atoms with Crippen molar-refractivity contribution in [2.75, 3.05) is 32.0 Å². The molecular formula is C13H19N3O2. The number of nitrogens with zero attached hydrogens (tertiary/aromatic N) is 2. The molecule has 0 radical (unpaired) electrons. The molecule has 2 rings (SSSR count). The van der Waals surface area contributed by atoms with Crippen molar-refractivity contribution >= 4 is 11.4 Å². The lowest BCUT2D eigenvalue weighted by atomic mass is 10.1. The molecule has 0 aliphatic carbocycles. The van der Waals surface area contributed by atoms with E-state index >= 15 is 0 Å². The molecule has 0 bridgehead atoms. The fourth-order valence-electron chi connectivity index (χ4n) is 2.36. The van der Waals surface area contributed by atoms with Gasteiger partial charge in [0.25, 0.3) is 5.69 Å². The summed E-state index contributed by atoms with van der Waals surface area (Å²) >= 11 is 0. The highest BCUT2D eigenvalue weighted by Crippen LogP contribution is 2.23. The van der Waals surface area contributed by atoms with Crippen molar-refractivity contribution in [3.8, 4) is 0 Å². The summed E-state index contributed by atoms with van der Waals surface area (Å²) in [5.74, 6) is 0.633. The van der Waals surface area contributed by atoms with E-state index in [4.69, 9.17) is 0 Å². The summed E-state index contributed by atoms with van der Waals surface area (Å²) in [6.07, 6.45) is 1.19.